The number of aromatic nitrogens is 2. The Balaban J connectivity index is 1.42. The minimum atomic E-state index is -0.124. The van der Waals surface area contributed by atoms with Crippen molar-refractivity contribution >= 4 is 11.8 Å². The molecular formula is C24H26N4O4. The van der Waals surface area contributed by atoms with Crippen molar-refractivity contribution in [3.05, 3.63) is 71.5 Å². The summed E-state index contributed by atoms with van der Waals surface area (Å²) in [6.07, 6.45) is 0. The van der Waals surface area contributed by atoms with Crippen LogP contribution >= 0.6 is 0 Å². The van der Waals surface area contributed by atoms with E-state index in [0.717, 1.165) is 11.4 Å². The lowest BCUT2D eigenvalue weighted by molar-refractivity contribution is 0.0532. The molecule has 166 valence electrons. The van der Waals surface area contributed by atoms with Gasteiger partial charge in [0.15, 0.2) is 17.2 Å². The molecule has 0 saturated carbocycles. The number of piperazine rings is 1. The first kappa shape index (κ1) is 21.4. The molecule has 2 heterocycles. The number of rotatable bonds is 5. The van der Waals surface area contributed by atoms with Crippen molar-refractivity contribution in [3.63, 3.8) is 0 Å². The van der Waals surface area contributed by atoms with E-state index in [9.17, 15) is 9.59 Å². The van der Waals surface area contributed by atoms with Gasteiger partial charge in [0.2, 0.25) is 0 Å². The highest BCUT2D eigenvalue weighted by Gasteiger charge is 2.27. The van der Waals surface area contributed by atoms with E-state index in [-0.39, 0.29) is 11.8 Å². The number of hydrogen-bond donors (Lipinski definition) is 0. The Hall–Kier alpha value is -3.81. The average molecular weight is 434 g/mol. The number of nitrogens with zero attached hydrogens (tertiary/aromatic N) is 4. The Kier molecular flexibility index (Phi) is 6.11. The summed E-state index contributed by atoms with van der Waals surface area (Å²) in [4.78, 5) is 29.4. The van der Waals surface area contributed by atoms with Crippen LogP contribution in [0.3, 0.4) is 0 Å². The molecule has 0 unspecified atom stereocenters. The van der Waals surface area contributed by atoms with Crippen molar-refractivity contribution in [2.75, 3.05) is 40.4 Å². The van der Waals surface area contributed by atoms with Gasteiger partial charge < -0.3 is 19.3 Å². The summed E-state index contributed by atoms with van der Waals surface area (Å²) in [5.41, 5.74) is 2.74. The molecule has 4 rings (SSSR count). The Morgan fingerprint density at radius 2 is 1.44 bits per heavy atom. The Morgan fingerprint density at radius 3 is 2.06 bits per heavy atom. The maximum absolute atomic E-state index is 13.0. The number of ether oxygens (including phenoxy) is 2. The van der Waals surface area contributed by atoms with Crippen molar-refractivity contribution < 1.29 is 19.1 Å². The van der Waals surface area contributed by atoms with Gasteiger partial charge in [0.1, 0.15) is 0 Å². The molecule has 2 amide bonds. The summed E-state index contributed by atoms with van der Waals surface area (Å²) in [5, 5.41) is 4.51. The van der Waals surface area contributed by atoms with Gasteiger partial charge in [0.25, 0.3) is 11.8 Å². The minimum Gasteiger partial charge on any atom is -0.493 e. The van der Waals surface area contributed by atoms with Crippen LogP contribution in [0.5, 0.6) is 11.5 Å². The molecule has 1 aliphatic rings. The van der Waals surface area contributed by atoms with Gasteiger partial charge in [-0.25, -0.2) is 4.68 Å². The maximum atomic E-state index is 13.0. The molecule has 8 heteroatoms. The van der Waals surface area contributed by atoms with Crippen LogP contribution in [0.2, 0.25) is 0 Å². The molecule has 0 N–H and O–H groups in total. The Bertz CT molecular complexity index is 1120. The molecule has 0 bridgehead atoms. The number of aryl methyl sites for hydroxylation is 1. The summed E-state index contributed by atoms with van der Waals surface area (Å²) >= 11 is 0. The highest BCUT2D eigenvalue weighted by atomic mass is 16.5. The third-order valence-electron chi connectivity index (χ3n) is 5.59. The zero-order valence-corrected chi connectivity index (χ0v) is 18.4. The largest absolute Gasteiger partial charge is 0.493 e. The smallest absolute Gasteiger partial charge is 0.274 e. The monoisotopic (exact) mass is 434 g/mol. The van der Waals surface area contributed by atoms with Gasteiger partial charge in [-0.05, 0) is 43.3 Å². The second-order valence-electron chi connectivity index (χ2n) is 7.57. The summed E-state index contributed by atoms with van der Waals surface area (Å²) in [5.74, 6) is 0.865. The van der Waals surface area contributed by atoms with Gasteiger partial charge >= 0.3 is 0 Å². The van der Waals surface area contributed by atoms with Crippen LogP contribution in [0.4, 0.5) is 0 Å². The average Bonchev–Trinajstić information content (AvgIpc) is 3.24. The van der Waals surface area contributed by atoms with Gasteiger partial charge in [0.05, 0.1) is 19.9 Å². The molecule has 0 radical (unpaired) electrons. The normalized spacial score (nSPS) is 13.7. The number of para-hydroxylation sites is 1. The van der Waals surface area contributed by atoms with Crippen molar-refractivity contribution in [1.29, 1.82) is 0 Å². The van der Waals surface area contributed by atoms with Crippen LogP contribution < -0.4 is 9.47 Å². The zero-order valence-electron chi connectivity index (χ0n) is 18.4. The van der Waals surface area contributed by atoms with Crippen molar-refractivity contribution in [2.24, 2.45) is 0 Å². The van der Waals surface area contributed by atoms with E-state index < -0.39 is 0 Å². The predicted octanol–water partition coefficient (Wildman–Crippen LogP) is 2.80. The number of benzene rings is 2. The molecule has 2 aromatic carbocycles. The van der Waals surface area contributed by atoms with E-state index >= 15 is 0 Å². The van der Waals surface area contributed by atoms with E-state index in [0.29, 0.717) is 48.9 Å². The van der Waals surface area contributed by atoms with Gasteiger partial charge in [-0.15, -0.1) is 0 Å². The first-order valence-corrected chi connectivity index (χ1v) is 10.4. The van der Waals surface area contributed by atoms with Crippen LogP contribution in [0.25, 0.3) is 5.69 Å². The topological polar surface area (TPSA) is 76.9 Å². The summed E-state index contributed by atoms with van der Waals surface area (Å²) in [6, 6.07) is 16.6. The Labute approximate surface area is 187 Å². The Morgan fingerprint density at radius 1 is 0.812 bits per heavy atom. The van der Waals surface area contributed by atoms with E-state index in [2.05, 4.69) is 5.10 Å². The third kappa shape index (κ3) is 4.16. The molecule has 1 aliphatic heterocycles. The summed E-state index contributed by atoms with van der Waals surface area (Å²) in [7, 11) is 3.09. The summed E-state index contributed by atoms with van der Waals surface area (Å²) < 4.78 is 12.3. The first-order chi connectivity index (χ1) is 15.5. The minimum absolute atomic E-state index is 0.0951. The molecule has 0 spiro atoms. The molecule has 1 saturated heterocycles. The first-order valence-electron chi connectivity index (χ1n) is 10.4. The predicted molar refractivity (Wildman–Crippen MR) is 120 cm³/mol. The van der Waals surface area contributed by atoms with E-state index in [1.165, 1.54) is 7.11 Å². The van der Waals surface area contributed by atoms with E-state index in [1.807, 2.05) is 37.3 Å². The van der Waals surface area contributed by atoms with Crippen LogP contribution in [0, 0.1) is 6.92 Å². The van der Waals surface area contributed by atoms with Crippen LogP contribution in [0.1, 0.15) is 26.5 Å². The van der Waals surface area contributed by atoms with Crippen LogP contribution in [-0.4, -0.2) is 71.8 Å². The molecular weight excluding hydrogens is 408 g/mol. The fourth-order valence-electron chi connectivity index (χ4n) is 3.84. The van der Waals surface area contributed by atoms with Crippen molar-refractivity contribution in [3.8, 4) is 17.2 Å². The number of methoxy groups -OCH3 is 2. The standard InChI is InChI=1S/C24H26N4O4/c1-17-15-20(25-28(17)19-7-5-4-6-8-19)24(30)27-13-11-26(12-14-27)23(29)18-9-10-21(31-2)22(16-18)32-3/h4-10,15-16H,11-14H2,1-3H3. The SMILES string of the molecule is COc1ccc(C(=O)N2CCN(C(=O)c3cc(C)n(-c4ccccc4)n3)CC2)cc1OC. The third-order valence-corrected chi connectivity index (χ3v) is 5.59. The highest BCUT2D eigenvalue weighted by molar-refractivity contribution is 5.96. The van der Waals surface area contributed by atoms with Gasteiger partial charge in [-0.3, -0.25) is 9.59 Å². The second-order valence-corrected chi connectivity index (χ2v) is 7.57. The lowest BCUT2D eigenvalue weighted by atomic mass is 10.1. The lowest BCUT2D eigenvalue weighted by Crippen LogP contribution is -2.50. The fraction of sp³-hybridized carbons (Fsp3) is 0.292. The summed E-state index contributed by atoms with van der Waals surface area (Å²) in [6.45, 7) is 3.75. The van der Waals surface area contributed by atoms with Gasteiger partial charge in [-0.1, -0.05) is 18.2 Å². The van der Waals surface area contributed by atoms with Crippen LogP contribution in [-0.2, 0) is 0 Å². The molecule has 1 aromatic heterocycles. The molecule has 8 nitrogen and oxygen atoms in total. The molecule has 0 atom stereocenters. The van der Waals surface area contributed by atoms with Gasteiger partial charge in [-0.2, -0.15) is 5.10 Å². The molecule has 0 aliphatic carbocycles. The maximum Gasteiger partial charge on any atom is 0.274 e. The zero-order chi connectivity index (χ0) is 22.7. The van der Waals surface area contributed by atoms with E-state index in [1.54, 1.807) is 45.9 Å². The number of carbonyl (C=O) groups is 2. The molecule has 3 aromatic rings. The molecule has 1 fully saturated rings. The van der Waals surface area contributed by atoms with Gasteiger partial charge in [0, 0.05) is 37.4 Å². The van der Waals surface area contributed by atoms with Crippen LogP contribution in [0.15, 0.2) is 54.6 Å². The molecule has 32 heavy (non-hydrogen) atoms. The quantitative estimate of drug-likeness (QED) is 0.617. The fourth-order valence-corrected chi connectivity index (χ4v) is 3.84. The highest BCUT2D eigenvalue weighted by Crippen LogP contribution is 2.28. The number of hydrogen-bond acceptors (Lipinski definition) is 5. The lowest BCUT2D eigenvalue weighted by Gasteiger charge is -2.34. The van der Waals surface area contributed by atoms with E-state index in [4.69, 9.17) is 9.47 Å². The number of carbonyl (C=O) groups excluding carboxylic acids is 2. The van der Waals surface area contributed by atoms with Crippen molar-refractivity contribution in [2.45, 2.75) is 6.92 Å². The van der Waals surface area contributed by atoms with Crippen molar-refractivity contribution in [1.82, 2.24) is 19.6 Å². The second kappa shape index (κ2) is 9.13. The number of amides is 2.